The molecule has 88 valence electrons. The Morgan fingerprint density at radius 1 is 1.00 bits per heavy atom. The topological polar surface area (TPSA) is 25.8 Å². The molecule has 0 amide bonds. The Bertz CT molecular complexity index is 523. The lowest BCUT2D eigenvalue weighted by atomic mass is 10.1. The number of alkyl halides is 3. The van der Waals surface area contributed by atoms with Gasteiger partial charge in [0.2, 0.25) is 0 Å². The van der Waals surface area contributed by atoms with E-state index in [1.807, 2.05) is 0 Å². The van der Waals surface area contributed by atoms with Crippen molar-refractivity contribution < 1.29 is 17.6 Å². The van der Waals surface area contributed by atoms with E-state index in [1.165, 1.54) is 18.5 Å². The highest BCUT2D eigenvalue weighted by molar-refractivity contribution is 5.57. The van der Waals surface area contributed by atoms with Crippen LogP contribution in [-0.4, -0.2) is 9.97 Å². The van der Waals surface area contributed by atoms with E-state index in [2.05, 4.69) is 9.97 Å². The summed E-state index contributed by atoms with van der Waals surface area (Å²) < 4.78 is 50.8. The Morgan fingerprint density at radius 2 is 1.65 bits per heavy atom. The summed E-state index contributed by atoms with van der Waals surface area (Å²) in [4.78, 5) is 7.43. The smallest absolute Gasteiger partial charge is 0.236 e. The summed E-state index contributed by atoms with van der Waals surface area (Å²) in [5, 5.41) is 0. The van der Waals surface area contributed by atoms with E-state index < -0.39 is 17.6 Å². The van der Waals surface area contributed by atoms with Crippen LogP contribution in [-0.2, 0) is 6.18 Å². The molecule has 2 rings (SSSR count). The third-order valence-corrected chi connectivity index (χ3v) is 2.10. The molecule has 0 aliphatic rings. The zero-order valence-electron chi connectivity index (χ0n) is 8.37. The maximum absolute atomic E-state index is 13.4. The maximum Gasteiger partial charge on any atom is 0.416 e. The highest BCUT2D eigenvalue weighted by atomic mass is 19.4. The van der Waals surface area contributed by atoms with Crippen molar-refractivity contribution in [1.82, 2.24) is 9.97 Å². The van der Waals surface area contributed by atoms with Crippen molar-refractivity contribution in [2.24, 2.45) is 0 Å². The Balaban J connectivity index is 2.55. The zero-order valence-corrected chi connectivity index (χ0v) is 8.37. The lowest BCUT2D eigenvalue weighted by Crippen LogP contribution is -2.05. The van der Waals surface area contributed by atoms with Gasteiger partial charge in [-0.2, -0.15) is 13.2 Å². The maximum atomic E-state index is 13.4. The minimum Gasteiger partial charge on any atom is -0.236 e. The van der Waals surface area contributed by atoms with E-state index in [4.69, 9.17) is 0 Å². The van der Waals surface area contributed by atoms with Crippen LogP contribution >= 0.6 is 0 Å². The van der Waals surface area contributed by atoms with Crippen molar-refractivity contribution in [2.75, 3.05) is 0 Å². The third kappa shape index (κ3) is 2.41. The van der Waals surface area contributed by atoms with Gasteiger partial charge in [-0.1, -0.05) is 0 Å². The number of rotatable bonds is 1. The van der Waals surface area contributed by atoms with Crippen molar-refractivity contribution in [3.8, 4) is 11.4 Å². The Kier molecular flexibility index (Phi) is 2.79. The predicted molar refractivity (Wildman–Crippen MR) is 52.4 cm³/mol. The summed E-state index contributed by atoms with van der Waals surface area (Å²) in [5.41, 5.74) is -1.19. The number of nitrogens with zero attached hydrogens (tertiary/aromatic N) is 2. The molecule has 0 N–H and O–H groups in total. The molecule has 1 aromatic heterocycles. The Labute approximate surface area is 94.0 Å². The van der Waals surface area contributed by atoms with Gasteiger partial charge in [0.25, 0.3) is 0 Å². The molecule has 17 heavy (non-hydrogen) atoms. The molecule has 0 aliphatic heterocycles. The van der Waals surface area contributed by atoms with Crippen LogP contribution in [0, 0.1) is 5.82 Å². The second-order valence-corrected chi connectivity index (χ2v) is 3.26. The molecule has 1 aromatic carbocycles. The molecule has 6 heteroatoms. The molecule has 2 nitrogen and oxygen atoms in total. The Hall–Kier alpha value is -1.98. The number of hydrogen-bond donors (Lipinski definition) is 0. The lowest BCUT2D eigenvalue weighted by molar-refractivity contribution is -0.137. The predicted octanol–water partition coefficient (Wildman–Crippen LogP) is 3.30. The normalized spacial score (nSPS) is 11.5. The second kappa shape index (κ2) is 4.12. The first-order chi connectivity index (χ1) is 7.98. The first-order valence-corrected chi connectivity index (χ1v) is 4.62. The van der Waals surface area contributed by atoms with E-state index in [0.717, 1.165) is 6.07 Å². The molecule has 0 bridgehead atoms. The van der Waals surface area contributed by atoms with Gasteiger partial charge in [0, 0.05) is 12.4 Å². The van der Waals surface area contributed by atoms with Crippen molar-refractivity contribution in [2.45, 2.75) is 6.18 Å². The number of benzene rings is 1. The summed E-state index contributed by atoms with van der Waals surface area (Å²) in [6.45, 7) is 0. The van der Waals surface area contributed by atoms with E-state index in [0.29, 0.717) is 12.1 Å². The SMILES string of the molecule is Fc1ccc(C(F)(F)F)cc1-c1ncccn1. The first-order valence-electron chi connectivity index (χ1n) is 4.62. The van der Waals surface area contributed by atoms with E-state index in [-0.39, 0.29) is 11.4 Å². The number of hydrogen-bond acceptors (Lipinski definition) is 2. The van der Waals surface area contributed by atoms with Crippen LogP contribution < -0.4 is 0 Å². The second-order valence-electron chi connectivity index (χ2n) is 3.26. The molecule has 0 saturated heterocycles. The highest BCUT2D eigenvalue weighted by Crippen LogP contribution is 2.32. The van der Waals surface area contributed by atoms with E-state index in [9.17, 15) is 17.6 Å². The first kappa shape index (κ1) is 11.5. The van der Waals surface area contributed by atoms with Gasteiger partial charge in [-0.3, -0.25) is 0 Å². The quantitative estimate of drug-likeness (QED) is 0.717. The van der Waals surface area contributed by atoms with Crippen molar-refractivity contribution in [3.63, 3.8) is 0 Å². The zero-order chi connectivity index (χ0) is 12.5. The van der Waals surface area contributed by atoms with Gasteiger partial charge in [-0.05, 0) is 24.3 Å². The fourth-order valence-electron chi connectivity index (χ4n) is 1.31. The Morgan fingerprint density at radius 3 is 2.24 bits per heavy atom. The molecule has 0 unspecified atom stereocenters. The van der Waals surface area contributed by atoms with Gasteiger partial charge in [0.15, 0.2) is 5.82 Å². The van der Waals surface area contributed by atoms with Gasteiger partial charge in [0.1, 0.15) is 5.82 Å². The summed E-state index contributed by atoms with van der Waals surface area (Å²) in [6.07, 6.45) is -1.85. The lowest BCUT2D eigenvalue weighted by Gasteiger charge is -2.08. The summed E-state index contributed by atoms with van der Waals surface area (Å²) >= 11 is 0. The molecule has 0 aliphatic carbocycles. The summed E-state index contributed by atoms with van der Waals surface area (Å²) in [7, 11) is 0. The molecule has 0 radical (unpaired) electrons. The average molecular weight is 242 g/mol. The van der Waals surface area contributed by atoms with Crippen LogP contribution in [0.3, 0.4) is 0 Å². The summed E-state index contributed by atoms with van der Waals surface area (Å²) in [6, 6.07) is 3.63. The molecule has 0 spiro atoms. The molecule has 2 aromatic rings. The fourth-order valence-corrected chi connectivity index (χ4v) is 1.31. The van der Waals surface area contributed by atoms with E-state index in [1.54, 1.807) is 0 Å². The number of halogens is 4. The highest BCUT2D eigenvalue weighted by Gasteiger charge is 2.31. The van der Waals surface area contributed by atoms with Gasteiger partial charge in [-0.15, -0.1) is 0 Å². The molecule has 0 saturated carbocycles. The van der Waals surface area contributed by atoms with Crippen LogP contribution in [0.15, 0.2) is 36.7 Å². The van der Waals surface area contributed by atoms with Crippen LogP contribution in [0.4, 0.5) is 17.6 Å². The standard InChI is InChI=1S/C11H6F4N2/c12-9-3-2-7(11(13,14)15)6-8(9)10-16-4-1-5-17-10/h1-6H. The van der Waals surface area contributed by atoms with Crippen LogP contribution in [0.1, 0.15) is 5.56 Å². The van der Waals surface area contributed by atoms with Crippen molar-refractivity contribution in [1.29, 1.82) is 0 Å². The monoisotopic (exact) mass is 242 g/mol. The molecule has 0 fully saturated rings. The van der Waals surface area contributed by atoms with Gasteiger partial charge < -0.3 is 0 Å². The van der Waals surface area contributed by atoms with Crippen LogP contribution in [0.25, 0.3) is 11.4 Å². The average Bonchev–Trinajstić information content (AvgIpc) is 2.29. The minimum atomic E-state index is -4.52. The minimum absolute atomic E-state index is 0.0731. The van der Waals surface area contributed by atoms with Crippen molar-refractivity contribution >= 4 is 0 Å². The van der Waals surface area contributed by atoms with Gasteiger partial charge in [-0.25, -0.2) is 14.4 Å². The summed E-state index contributed by atoms with van der Waals surface area (Å²) in [5.74, 6) is -0.861. The van der Waals surface area contributed by atoms with Crippen LogP contribution in [0.5, 0.6) is 0 Å². The van der Waals surface area contributed by atoms with Gasteiger partial charge >= 0.3 is 6.18 Å². The molecular formula is C11H6F4N2. The van der Waals surface area contributed by atoms with Crippen molar-refractivity contribution in [3.05, 3.63) is 48.0 Å². The van der Waals surface area contributed by atoms with E-state index >= 15 is 0 Å². The molecule has 1 heterocycles. The number of aromatic nitrogens is 2. The molecular weight excluding hydrogens is 236 g/mol. The largest absolute Gasteiger partial charge is 0.416 e. The molecule has 0 atom stereocenters. The van der Waals surface area contributed by atoms with Gasteiger partial charge in [0.05, 0.1) is 11.1 Å². The fraction of sp³-hybridized carbons (Fsp3) is 0.0909. The third-order valence-electron chi connectivity index (χ3n) is 2.10. The van der Waals surface area contributed by atoms with Crippen LogP contribution in [0.2, 0.25) is 0 Å².